The minimum Gasteiger partial charge on any atom is -0.447 e. The molecule has 0 saturated carbocycles. The van der Waals surface area contributed by atoms with Gasteiger partial charge in [0.05, 0.1) is 26.1 Å². The summed E-state index contributed by atoms with van der Waals surface area (Å²) in [7, 11) is 0. The van der Waals surface area contributed by atoms with Crippen molar-refractivity contribution >= 4 is 35.2 Å². The number of nitro groups is 1. The molecule has 0 fully saturated rings. The quantitative estimate of drug-likeness (QED) is 0.398. The Morgan fingerprint density at radius 3 is 2.21 bits per heavy atom. The number of hydrogen-bond acceptors (Lipinski definition) is 4. The van der Waals surface area contributed by atoms with Gasteiger partial charge in [0.1, 0.15) is 0 Å². The van der Waals surface area contributed by atoms with Crippen LogP contribution in [0.2, 0.25) is 10.0 Å². The fourth-order valence-electron chi connectivity index (χ4n) is 1.84. The largest absolute Gasteiger partial charge is 0.447 e. The number of carbonyl (C=O) groups is 1. The van der Waals surface area contributed by atoms with Crippen LogP contribution in [0.25, 0.3) is 0 Å². The Balaban J connectivity index is 2.54. The van der Waals surface area contributed by atoms with Crippen LogP contribution < -0.4 is 4.74 Å². The van der Waals surface area contributed by atoms with Crippen LogP contribution in [-0.4, -0.2) is 11.2 Å². The number of hydrogen-bond donors (Lipinski definition) is 0. The second-order valence-corrected chi connectivity index (χ2v) is 5.25. The van der Waals surface area contributed by atoms with Gasteiger partial charge in [0.25, 0.3) is 0 Å². The summed E-state index contributed by atoms with van der Waals surface area (Å²) in [6.45, 7) is 0. The van der Waals surface area contributed by atoms with E-state index >= 15 is 0 Å². The van der Waals surface area contributed by atoms with Crippen molar-refractivity contribution in [3.63, 3.8) is 0 Å². The van der Waals surface area contributed by atoms with Crippen LogP contribution in [-0.2, 0) is 6.18 Å². The minimum atomic E-state index is -4.67. The summed E-state index contributed by atoms with van der Waals surface area (Å²) >= 11 is 11.5. The zero-order valence-electron chi connectivity index (χ0n) is 11.4. The van der Waals surface area contributed by atoms with Gasteiger partial charge in [0, 0.05) is 0 Å². The summed E-state index contributed by atoms with van der Waals surface area (Å²) in [5.41, 5.74) is -2.02. The molecule has 0 spiro atoms. The van der Waals surface area contributed by atoms with Gasteiger partial charge >= 0.3 is 11.9 Å². The molecule has 0 aliphatic rings. The molecule has 0 amide bonds. The number of aldehydes is 1. The van der Waals surface area contributed by atoms with Gasteiger partial charge in [-0.15, -0.1) is 0 Å². The number of nitrogens with zero attached hydrogens (tertiary/aromatic N) is 1. The first-order valence-corrected chi connectivity index (χ1v) is 6.87. The lowest BCUT2D eigenvalue weighted by Crippen LogP contribution is -2.05. The number of alkyl halides is 3. The first kappa shape index (κ1) is 18.0. The Labute approximate surface area is 142 Å². The maximum atomic E-state index is 12.7. The van der Waals surface area contributed by atoms with Gasteiger partial charge in [-0.25, -0.2) is 0 Å². The van der Waals surface area contributed by atoms with Crippen molar-refractivity contribution in [1.82, 2.24) is 0 Å². The molecule has 0 aliphatic heterocycles. The van der Waals surface area contributed by atoms with Gasteiger partial charge < -0.3 is 4.74 Å². The molecule has 0 atom stereocenters. The summed E-state index contributed by atoms with van der Waals surface area (Å²) in [5, 5.41) is 10.1. The van der Waals surface area contributed by atoms with Crippen molar-refractivity contribution in [1.29, 1.82) is 0 Å². The Hall–Kier alpha value is -2.32. The van der Waals surface area contributed by atoms with E-state index in [2.05, 4.69) is 0 Å². The number of benzene rings is 2. The molecule has 0 bridgehead atoms. The number of para-hydroxylation sites is 1. The van der Waals surface area contributed by atoms with E-state index in [0.29, 0.717) is 12.1 Å². The fourth-order valence-corrected chi connectivity index (χ4v) is 2.41. The summed E-state index contributed by atoms with van der Waals surface area (Å²) in [6.07, 6.45) is -4.42. The smallest absolute Gasteiger partial charge is 0.416 e. The topological polar surface area (TPSA) is 69.4 Å². The Bertz CT molecular complexity index is 801. The van der Waals surface area contributed by atoms with E-state index in [1.165, 1.54) is 12.1 Å². The van der Waals surface area contributed by atoms with Gasteiger partial charge in [-0.2, -0.15) is 13.2 Å². The third-order valence-corrected chi connectivity index (χ3v) is 3.44. The highest BCUT2D eigenvalue weighted by molar-refractivity contribution is 6.37. The lowest BCUT2D eigenvalue weighted by Gasteiger charge is -2.13. The molecule has 0 heterocycles. The van der Waals surface area contributed by atoms with E-state index in [1.54, 1.807) is 0 Å². The average Bonchev–Trinajstić information content (AvgIpc) is 2.49. The second kappa shape index (κ2) is 6.66. The van der Waals surface area contributed by atoms with Crippen LogP contribution in [0.1, 0.15) is 15.9 Å². The van der Waals surface area contributed by atoms with Crippen LogP contribution in [0, 0.1) is 10.1 Å². The maximum absolute atomic E-state index is 12.7. The average molecular weight is 380 g/mol. The van der Waals surface area contributed by atoms with Crippen molar-refractivity contribution in [3.05, 3.63) is 61.6 Å². The van der Waals surface area contributed by atoms with E-state index in [9.17, 15) is 28.1 Å². The van der Waals surface area contributed by atoms with Crippen molar-refractivity contribution < 1.29 is 27.6 Å². The molecule has 5 nitrogen and oxygen atoms in total. The van der Waals surface area contributed by atoms with Crippen molar-refractivity contribution in [2.45, 2.75) is 6.18 Å². The number of ether oxygens (including phenoxy) is 1. The highest BCUT2D eigenvalue weighted by Gasteiger charge is 2.32. The second-order valence-electron chi connectivity index (χ2n) is 4.44. The summed E-state index contributed by atoms with van der Waals surface area (Å²) in [6, 6.07) is 4.82. The molecule has 2 aromatic rings. The van der Waals surface area contributed by atoms with Gasteiger partial charge in [0.15, 0.2) is 12.0 Å². The lowest BCUT2D eigenvalue weighted by atomic mass is 10.2. The number of carbonyl (C=O) groups excluding carboxylic acids is 1. The fraction of sp³-hybridized carbons (Fsp3) is 0.0714. The molecule has 0 aromatic heterocycles. The summed E-state index contributed by atoms with van der Waals surface area (Å²) in [5.74, 6) is -0.773. The van der Waals surface area contributed by atoms with Crippen LogP contribution in [0.15, 0.2) is 30.3 Å². The molecular formula is C14H6Cl2F3NO4. The standard InChI is InChI=1S/C14H6Cl2F3NO4/c15-9-4-8(14(17,18)19)5-10(16)13(9)24-11-3-1-2-7(6-21)12(11)20(22)23/h1-6H. The number of nitro benzene ring substituents is 1. The molecule has 0 saturated heterocycles. The van der Waals surface area contributed by atoms with Crippen molar-refractivity contribution in [2.24, 2.45) is 0 Å². The zero-order valence-corrected chi connectivity index (χ0v) is 12.9. The van der Waals surface area contributed by atoms with Crippen LogP contribution in [0.3, 0.4) is 0 Å². The summed E-state index contributed by atoms with van der Waals surface area (Å²) in [4.78, 5) is 21.1. The molecule has 0 radical (unpaired) electrons. The maximum Gasteiger partial charge on any atom is 0.416 e. The third kappa shape index (κ3) is 3.60. The Kier molecular flexibility index (Phi) is 5.00. The van der Waals surface area contributed by atoms with E-state index in [4.69, 9.17) is 27.9 Å². The normalized spacial score (nSPS) is 11.2. The molecule has 0 N–H and O–H groups in total. The third-order valence-electron chi connectivity index (χ3n) is 2.88. The predicted molar refractivity (Wildman–Crippen MR) is 80.0 cm³/mol. The molecule has 0 aliphatic carbocycles. The number of rotatable bonds is 4. The molecular weight excluding hydrogens is 374 g/mol. The summed E-state index contributed by atoms with van der Waals surface area (Å²) < 4.78 is 43.3. The SMILES string of the molecule is O=Cc1cccc(Oc2c(Cl)cc(C(F)(F)F)cc2Cl)c1[N+](=O)[O-]. The molecule has 24 heavy (non-hydrogen) atoms. The van der Waals surface area contributed by atoms with Crippen LogP contribution >= 0.6 is 23.2 Å². The predicted octanol–water partition coefficient (Wildman–Crippen LogP) is 5.53. The van der Waals surface area contributed by atoms with E-state index < -0.39 is 38.1 Å². The van der Waals surface area contributed by atoms with E-state index in [0.717, 1.165) is 6.07 Å². The zero-order chi connectivity index (χ0) is 18.1. The van der Waals surface area contributed by atoms with Gasteiger partial charge in [-0.3, -0.25) is 14.9 Å². The highest BCUT2D eigenvalue weighted by Crippen LogP contribution is 2.43. The molecule has 2 aromatic carbocycles. The molecule has 2 rings (SSSR count). The van der Waals surface area contributed by atoms with Crippen LogP contribution in [0.4, 0.5) is 18.9 Å². The molecule has 10 heteroatoms. The monoisotopic (exact) mass is 379 g/mol. The highest BCUT2D eigenvalue weighted by atomic mass is 35.5. The first-order chi connectivity index (χ1) is 11.1. The van der Waals surface area contributed by atoms with Gasteiger partial charge in [-0.05, 0) is 24.3 Å². The van der Waals surface area contributed by atoms with E-state index in [-0.39, 0.29) is 17.6 Å². The van der Waals surface area contributed by atoms with E-state index in [1.807, 2.05) is 0 Å². The van der Waals surface area contributed by atoms with Crippen molar-refractivity contribution in [3.8, 4) is 11.5 Å². The first-order valence-electron chi connectivity index (χ1n) is 6.12. The molecule has 126 valence electrons. The van der Waals surface area contributed by atoms with Gasteiger partial charge in [-0.1, -0.05) is 29.3 Å². The molecule has 0 unspecified atom stereocenters. The lowest BCUT2D eigenvalue weighted by molar-refractivity contribution is -0.385. The van der Waals surface area contributed by atoms with Gasteiger partial charge in [0.2, 0.25) is 5.75 Å². The minimum absolute atomic E-state index is 0.251. The Morgan fingerprint density at radius 2 is 1.75 bits per heavy atom. The van der Waals surface area contributed by atoms with Crippen molar-refractivity contribution in [2.75, 3.05) is 0 Å². The van der Waals surface area contributed by atoms with Crippen LogP contribution in [0.5, 0.6) is 11.5 Å². The number of halogens is 5. The Morgan fingerprint density at radius 1 is 1.17 bits per heavy atom.